The SMILES string of the molecule is COc1ccc(C(NCc2cnn(C)c2)C(F)(F)F)cc1F. The number of hydrogen-bond donors (Lipinski definition) is 1. The van der Waals surface area contributed by atoms with E-state index >= 15 is 0 Å². The molecule has 0 fully saturated rings. The first-order valence-corrected chi connectivity index (χ1v) is 6.42. The van der Waals surface area contributed by atoms with Crippen LogP contribution in [0.5, 0.6) is 5.75 Å². The Bertz CT molecular complexity index is 639. The monoisotopic (exact) mass is 317 g/mol. The number of nitrogens with zero attached hydrogens (tertiary/aromatic N) is 2. The first kappa shape index (κ1) is 16.3. The quantitative estimate of drug-likeness (QED) is 0.862. The van der Waals surface area contributed by atoms with Crippen LogP contribution in [0.15, 0.2) is 30.6 Å². The lowest BCUT2D eigenvalue weighted by Gasteiger charge is -2.22. The summed E-state index contributed by atoms with van der Waals surface area (Å²) in [6, 6.07) is 1.21. The van der Waals surface area contributed by atoms with E-state index in [9.17, 15) is 17.6 Å². The van der Waals surface area contributed by atoms with Gasteiger partial charge in [-0.2, -0.15) is 18.3 Å². The van der Waals surface area contributed by atoms with Crippen molar-refractivity contribution in [1.82, 2.24) is 15.1 Å². The van der Waals surface area contributed by atoms with Crippen molar-refractivity contribution < 1.29 is 22.3 Å². The number of benzene rings is 1. The summed E-state index contributed by atoms with van der Waals surface area (Å²) in [5, 5.41) is 6.27. The summed E-state index contributed by atoms with van der Waals surface area (Å²) in [5.74, 6) is -0.936. The second-order valence-corrected chi connectivity index (χ2v) is 4.77. The van der Waals surface area contributed by atoms with Gasteiger partial charge in [-0.25, -0.2) is 4.39 Å². The fourth-order valence-electron chi connectivity index (χ4n) is 2.07. The Hall–Kier alpha value is -2.09. The lowest BCUT2D eigenvalue weighted by molar-refractivity contribution is -0.158. The molecule has 1 unspecified atom stereocenters. The molecule has 0 saturated carbocycles. The highest BCUT2D eigenvalue weighted by Gasteiger charge is 2.40. The van der Waals surface area contributed by atoms with Gasteiger partial charge in [0.15, 0.2) is 11.6 Å². The van der Waals surface area contributed by atoms with Crippen LogP contribution in [-0.2, 0) is 13.6 Å². The van der Waals surface area contributed by atoms with Gasteiger partial charge in [0.05, 0.1) is 13.3 Å². The maximum atomic E-state index is 13.6. The van der Waals surface area contributed by atoms with Crippen LogP contribution in [0.1, 0.15) is 17.2 Å². The number of halogens is 4. The van der Waals surface area contributed by atoms with E-state index in [4.69, 9.17) is 4.74 Å². The zero-order valence-corrected chi connectivity index (χ0v) is 12.0. The summed E-state index contributed by atoms with van der Waals surface area (Å²) in [5.41, 5.74) is 0.389. The molecule has 0 aliphatic rings. The third kappa shape index (κ3) is 3.76. The standard InChI is InChI=1S/C14H15F4N3O/c1-21-8-9(7-20-21)6-19-13(14(16,17)18)10-3-4-12(22-2)11(15)5-10/h3-5,7-8,13,19H,6H2,1-2H3. The Kier molecular flexibility index (Phi) is 4.70. The van der Waals surface area contributed by atoms with E-state index in [0.29, 0.717) is 5.56 Å². The molecule has 0 radical (unpaired) electrons. The van der Waals surface area contributed by atoms with Crippen molar-refractivity contribution in [2.45, 2.75) is 18.8 Å². The minimum atomic E-state index is -4.55. The van der Waals surface area contributed by atoms with Crippen molar-refractivity contribution in [1.29, 1.82) is 0 Å². The van der Waals surface area contributed by atoms with Crippen LogP contribution >= 0.6 is 0 Å². The number of aromatic nitrogens is 2. The molecule has 8 heteroatoms. The van der Waals surface area contributed by atoms with Gasteiger partial charge < -0.3 is 4.74 Å². The average Bonchev–Trinajstić information content (AvgIpc) is 2.83. The molecule has 0 aliphatic carbocycles. The molecule has 0 spiro atoms. The molecule has 1 atom stereocenters. The van der Waals surface area contributed by atoms with Crippen molar-refractivity contribution >= 4 is 0 Å². The number of ether oxygens (including phenoxy) is 1. The van der Waals surface area contributed by atoms with Gasteiger partial charge in [-0.3, -0.25) is 10.00 Å². The lowest BCUT2D eigenvalue weighted by Crippen LogP contribution is -2.33. The zero-order chi connectivity index (χ0) is 16.3. The van der Waals surface area contributed by atoms with Gasteiger partial charge in [-0.1, -0.05) is 6.07 Å². The minimum absolute atomic E-state index is 0.0360. The van der Waals surface area contributed by atoms with Crippen molar-refractivity contribution in [2.24, 2.45) is 7.05 Å². The first-order valence-electron chi connectivity index (χ1n) is 6.42. The first-order chi connectivity index (χ1) is 10.3. The van der Waals surface area contributed by atoms with Crippen LogP contribution in [0.3, 0.4) is 0 Å². The molecule has 1 aromatic heterocycles. The molecule has 22 heavy (non-hydrogen) atoms. The average molecular weight is 317 g/mol. The van der Waals surface area contributed by atoms with Gasteiger partial charge in [0.25, 0.3) is 0 Å². The largest absolute Gasteiger partial charge is 0.494 e. The van der Waals surface area contributed by atoms with E-state index in [2.05, 4.69) is 10.4 Å². The fraction of sp³-hybridized carbons (Fsp3) is 0.357. The van der Waals surface area contributed by atoms with Gasteiger partial charge in [0.1, 0.15) is 6.04 Å². The van der Waals surface area contributed by atoms with Crippen LogP contribution in [0, 0.1) is 5.82 Å². The molecule has 0 saturated heterocycles. The molecule has 4 nitrogen and oxygen atoms in total. The van der Waals surface area contributed by atoms with Crippen LogP contribution in [0.4, 0.5) is 17.6 Å². The van der Waals surface area contributed by atoms with Crippen molar-refractivity contribution in [3.63, 3.8) is 0 Å². The Morgan fingerprint density at radius 3 is 2.59 bits per heavy atom. The summed E-state index contributed by atoms with van der Waals surface area (Å²) >= 11 is 0. The molecule has 1 aromatic carbocycles. The maximum Gasteiger partial charge on any atom is 0.407 e. The maximum absolute atomic E-state index is 13.6. The molecule has 0 bridgehead atoms. The van der Waals surface area contributed by atoms with E-state index in [1.807, 2.05) is 0 Å². The molecule has 0 aliphatic heterocycles. The Labute approximate surface area is 124 Å². The summed E-state index contributed by atoms with van der Waals surface area (Å²) in [4.78, 5) is 0. The third-order valence-corrected chi connectivity index (χ3v) is 3.11. The van der Waals surface area contributed by atoms with Gasteiger partial charge >= 0.3 is 6.18 Å². The normalized spacial score (nSPS) is 13.2. The Morgan fingerprint density at radius 2 is 2.09 bits per heavy atom. The van der Waals surface area contributed by atoms with Crippen LogP contribution in [0.25, 0.3) is 0 Å². The number of nitrogens with one attached hydrogen (secondary N) is 1. The lowest BCUT2D eigenvalue weighted by atomic mass is 10.1. The van der Waals surface area contributed by atoms with Gasteiger partial charge in [-0.05, 0) is 17.7 Å². The minimum Gasteiger partial charge on any atom is -0.494 e. The van der Waals surface area contributed by atoms with Crippen molar-refractivity contribution in [3.05, 3.63) is 47.5 Å². The van der Waals surface area contributed by atoms with Gasteiger partial charge in [-0.15, -0.1) is 0 Å². The molecule has 120 valence electrons. The van der Waals surface area contributed by atoms with E-state index in [1.165, 1.54) is 30.1 Å². The topological polar surface area (TPSA) is 39.1 Å². The second kappa shape index (κ2) is 6.35. The second-order valence-electron chi connectivity index (χ2n) is 4.77. The number of alkyl halides is 3. The van der Waals surface area contributed by atoms with Crippen molar-refractivity contribution in [3.8, 4) is 5.75 Å². The zero-order valence-electron chi connectivity index (χ0n) is 12.0. The molecule has 2 rings (SSSR count). The predicted octanol–water partition coefficient (Wildman–Crippen LogP) is 2.96. The van der Waals surface area contributed by atoms with Crippen LogP contribution in [0.2, 0.25) is 0 Å². The molecule has 1 heterocycles. The summed E-state index contributed by atoms with van der Waals surface area (Å²) < 4.78 is 59.4. The summed E-state index contributed by atoms with van der Waals surface area (Å²) in [6.45, 7) is -0.0360. The number of methoxy groups -OCH3 is 1. The number of hydrogen-bond acceptors (Lipinski definition) is 3. The molecule has 2 aromatic rings. The van der Waals surface area contributed by atoms with Crippen LogP contribution < -0.4 is 10.1 Å². The highest BCUT2D eigenvalue weighted by Crippen LogP contribution is 2.34. The van der Waals surface area contributed by atoms with Crippen LogP contribution in [-0.4, -0.2) is 23.1 Å². The highest BCUT2D eigenvalue weighted by atomic mass is 19.4. The Balaban J connectivity index is 2.21. The third-order valence-electron chi connectivity index (χ3n) is 3.11. The number of aryl methyl sites for hydroxylation is 1. The molecular formula is C14H15F4N3O. The summed E-state index contributed by atoms with van der Waals surface area (Å²) in [6.07, 6.45) is -1.48. The predicted molar refractivity (Wildman–Crippen MR) is 71.8 cm³/mol. The smallest absolute Gasteiger partial charge is 0.407 e. The van der Waals surface area contributed by atoms with E-state index in [0.717, 1.165) is 6.07 Å². The molecular weight excluding hydrogens is 302 g/mol. The number of rotatable bonds is 5. The van der Waals surface area contributed by atoms with Gasteiger partial charge in [0, 0.05) is 25.4 Å². The Morgan fingerprint density at radius 1 is 1.36 bits per heavy atom. The van der Waals surface area contributed by atoms with Gasteiger partial charge in [0.2, 0.25) is 0 Å². The van der Waals surface area contributed by atoms with E-state index < -0.39 is 18.0 Å². The molecule has 0 amide bonds. The highest BCUT2D eigenvalue weighted by molar-refractivity contribution is 5.31. The van der Waals surface area contributed by atoms with E-state index in [1.54, 1.807) is 13.2 Å². The summed E-state index contributed by atoms with van der Waals surface area (Å²) in [7, 11) is 2.92. The molecule has 1 N–H and O–H groups in total. The van der Waals surface area contributed by atoms with Crippen molar-refractivity contribution in [2.75, 3.05) is 7.11 Å². The van der Waals surface area contributed by atoms with E-state index in [-0.39, 0.29) is 17.9 Å². The fourth-order valence-corrected chi connectivity index (χ4v) is 2.07.